The smallest absolute Gasteiger partial charge is 0.264 e. The average molecular weight is 495 g/mol. The van der Waals surface area contributed by atoms with E-state index in [1.807, 2.05) is 43.3 Å². The van der Waals surface area contributed by atoms with Gasteiger partial charge in [-0.3, -0.25) is 9.10 Å². The molecule has 0 saturated heterocycles. The number of methoxy groups -OCH3 is 1. The van der Waals surface area contributed by atoms with Crippen LogP contribution in [-0.4, -0.2) is 28.0 Å². The van der Waals surface area contributed by atoms with E-state index in [9.17, 15) is 13.2 Å². The second-order valence-electron chi connectivity index (χ2n) is 8.87. The minimum absolute atomic E-state index is 0.140. The lowest BCUT2D eigenvalue weighted by molar-refractivity contribution is -0.120. The molecule has 1 N–H and O–H groups in total. The van der Waals surface area contributed by atoms with E-state index in [-0.39, 0.29) is 23.4 Å². The van der Waals surface area contributed by atoms with Gasteiger partial charge in [-0.15, -0.1) is 0 Å². The Morgan fingerprint density at radius 2 is 1.57 bits per heavy atom. The number of anilines is 1. The number of ether oxygens (including phenoxy) is 1. The number of sulfonamides is 1. The van der Waals surface area contributed by atoms with Gasteiger partial charge in [0, 0.05) is 0 Å². The third-order valence-electron chi connectivity index (χ3n) is 5.81. The zero-order valence-corrected chi connectivity index (χ0v) is 21.6. The first-order valence-corrected chi connectivity index (χ1v) is 13.3. The second-order valence-corrected chi connectivity index (χ2v) is 10.7. The predicted molar refractivity (Wildman–Crippen MR) is 140 cm³/mol. The number of hydrogen-bond acceptors (Lipinski definition) is 4. The van der Waals surface area contributed by atoms with E-state index in [2.05, 4.69) is 19.2 Å². The Kier molecular flexibility index (Phi) is 8.93. The molecule has 0 fully saturated rings. The van der Waals surface area contributed by atoms with E-state index in [0.29, 0.717) is 18.0 Å². The molecule has 35 heavy (non-hydrogen) atoms. The van der Waals surface area contributed by atoms with Gasteiger partial charge in [-0.1, -0.05) is 63.2 Å². The number of amides is 1. The quantitative estimate of drug-likeness (QED) is 0.390. The number of nitrogens with zero attached hydrogens (tertiary/aromatic N) is 1. The van der Waals surface area contributed by atoms with Crippen LogP contribution < -0.4 is 14.4 Å². The highest BCUT2D eigenvalue weighted by Gasteiger charge is 2.28. The van der Waals surface area contributed by atoms with Crippen LogP contribution >= 0.6 is 0 Å². The molecule has 0 aliphatic rings. The number of benzene rings is 3. The van der Waals surface area contributed by atoms with Crippen LogP contribution in [0, 0.1) is 5.92 Å². The van der Waals surface area contributed by atoms with Gasteiger partial charge >= 0.3 is 0 Å². The summed E-state index contributed by atoms with van der Waals surface area (Å²) in [5, 5.41) is 3.06. The zero-order chi connectivity index (χ0) is 25.4. The predicted octanol–water partition coefficient (Wildman–Crippen LogP) is 5.36. The summed E-state index contributed by atoms with van der Waals surface area (Å²) in [6, 6.07) is 22.8. The maximum absolute atomic E-state index is 13.6. The molecule has 0 bridgehead atoms. The van der Waals surface area contributed by atoms with E-state index >= 15 is 0 Å². The summed E-state index contributed by atoms with van der Waals surface area (Å²) < 4.78 is 33.5. The maximum atomic E-state index is 13.6. The zero-order valence-electron chi connectivity index (χ0n) is 20.8. The second kappa shape index (κ2) is 11.9. The van der Waals surface area contributed by atoms with Crippen LogP contribution in [0.1, 0.15) is 44.4 Å². The van der Waals surface area contributed by atoms with Crippen molar-refractivity contribution in [3.05, 3.63) is 90.0 Å². The van der Waals surface area contributed by atoms with Crippen molar-refractivity contribution in [3.8, 4) is 5.75 Å². The molecule has 1 atom stereocenters. The molecule has 7 heteroatoms. The van der Waals surface area contributed by atoms with Crippen molar-refractivity contribution < 1.29 is 17.9 Å². The minimum atomic E-state index is -3.95. The van der Waals surface area contributed by atoms with E-state index in [0.717, 1.165) is 23.3 Å². The SMILES string of the molecule is CCc1ccc(N(CC(=O)N[C@H](CC(C)C)c2ccc(OC)cc2)S(=O)(=O)c2ccccc2)cc1. The van der Waals surface area contributed by atoms with Crippen LogP contribution in [0.15, 0.2) is 83.8 Å². The third-order valence-corrected chi connectivity index (χ3v) is 7.60. The molecule has 1 amide bonds. The van der Waals surface area contributed by atoms with Crippen molar-refractivity contribution in [2.75, 3.05) is 18.0 Å². The Balaban J connectivity index is 1.90. The first-order valence-electron chi connectivity index (χ1n) is 11.8. The van der Waals surface area contributed by atoms with Gasteiger partial charge < -0.3 is 10.1 Å². The van der Waals surface area contributed by atoms with E-state index in [1.165, 1.54) is 4.31 Å². The van der Waals surface area contributed by atoms with Crippen LogP contribution in [0.25, 0.3) is 0 Å². The van der Waals surface area contributed by atoms with Gasteiger partial charge in [-0.25, -0.2) is 8.42 Å². The monoisotopic (exact) mass is 494 g/mol. The number of rotatable bonds is 11. The fraction of sp³-hybridized carbons (Fsp3) is 0.321. The summed E-state index contributed by atoms with van der Waals surface area (Å²) in [7, 11) is -2.34. The highest BCUT2D eigenvalue weighted by molar-refractivity contribution is 7.92. The summed E-state index contributed by atoms with van der Waals surface area (Å²) in [5.74, 6) is 0.692. The molecule has 0 spiro atoms. The molecule has 6 nitrogen and oxygen atoms in total. The lowest BCUT2D eigenvalue weighted by Gasteiger charge is -2.27. The summed E-state index contributed by atoms with van der Waals surface area (Å²) in [6.45, 7) is 5.89. The molecule has 0 unspecified atom stereocenters. The van der Waals surface area contributed by atoms with Gasteiger partial charge in [0.2, 0.25) is 5.91 Å². The maximum Gasteiger partial charge on any atom is 0.264 e. The molecule has 0 radical (unpaired) electrons. The van der Waals surface area contributed by atoms with Crippen LogP contribution in [0.2, 0.25) is 0 Å². The molecule has 3 aromatic rings. The molecular weight excluding hydrogens is 460 g/mol. The van der Waals surface area contributed by atoms with Gasteiger partial charge in [0.1, 0.15) is 12.3 Å². The molecular formula is C28H34N2O4S. The highest BCUT2D eigenvalue weighted by Crippen LogP contribution is 2.26. The van der Waals surface area contributed by atoms with Gasteiger partial charge in [0.25, 0.3) is 10.0 Å². The molecule has 0 saturated carbocycles. The van der Waals surface area contributed by atoms with Crippen LogP contribution in [0.4, 0.5) is 5.69 Å². The lowest BCUT2D eigenvalue weighted by Crippen LogP contribution is -2.42. The molecule has 3 aromatic carbocycles. The molecule has 0 aliphatic heterocycles. The molecule has 0 aromatic heterocycles. The van der Waals surface area contributed by atoms with Crippen LogP contribution in [0.3, 0.4) is 0 Å². The number of carbonyl (C=O) groups is 1. The topological polar surface area (TPSA) is 75.7 Å². The standard InChI is InChI=1S/C28H34N2O4S/c1-5-22-11-15-24(16-12-22)30(35(32,33)26-9-7-6-8-10-26)20-28(31)29-27(19-21(2)3)23-13-17-25(34-4)18-14-23/h6-18,21,27H,5,19-20H2,1-4H3,(H,29,31)/t27-/m1/s1. The Morgan fingerprint density at radius 3 is 2.11 bits per heavy atom. The first kappa shape index (κ1) is 26.3. The Hall–Kier alpha value is -3.32. The fourth-order valence-corrected chi connectivity index (χ4v) is 5.33. The van der Waals surface area contributed by atoms with Gasteiger partial charge in [0.05, 0.1) is 23.7 Å². The van der Waals surface area contributed by atoms with Crippen molar-refractivity contribution in [1.29, 1.82) is 0 Å². The Labute approximate surface area is 209 Å². The molecule has 0 aliphatic carbocycles. The van der Waals surface area contributed by atoms with Crippen LogP contribution in [0.5, 0.6) is 5.75 Å². The minimum Gasteiger partial charge on any atom is -0.497 e. The van der Waals surface area contributed by atoms with Crippen molar-refractivity contribution in [2.45, 2.75) is 44.6 Å². The van der Waals surface area contributed by atoms with Crippen molar-refractivity contribution >= 4 is 21.6 Å². The Morgan fingerprint density at radius 1 is 0.943 bits per heavy atom. The van der Waals surface area contributed by atoms with Crippen molar-refractivity contribution in [1.82, 2.24) is 5.32 Å². The summed E-state index contributed by atoms with van der Waals surface area (Å²) >= 11 is 0. The highest BCUT2D eigenvalue weighted by atomic mass is 32.2. The number of carbonyl (C=O) groups excluding carboxylic acids is 1. The summed E-state index contributed by atoms with van der Waals surface area (Å²) in [5.41, 5.74) is 2.48. The third kappa shape index (κ3) is 6.85. The largest absolute Gasteiger partial charge is 0.497 e. The van der Waals surface area contributed by atoms with Crippen molar-refractivity contribution in [3.63, 3.8) is 0 Å². The fourth-order valence-electron chi connectivity index (χ4n) is 3.89. The molecule has 186 valence electrons. The summed E-state index contributed by atoms with van der Waals surface area (Å²) in [4.78, 5) is 13.4. The van der Waals surface area contributed by atoms with Crippen molar-refractivity contribution in [2.24, 2.45) is 5.92 Å². The first-order chi connectivity index (χ1) is 16.7. The van der Waals surface area contributed by atoms with E-state index in [4.69, 9.17) is 4.74 Å². The average Bonchev–Trinajstić information content (AvgIpc) is 2.87. The lowest BCUT2D eigenvalue weighted by atomic mass is 9.97. The van der Waals surface area contributed by atoms with E-state index in [1.54, 1.807) is 49.6 Å². The molecule has 3 rings (SSSR count). The molecule has 0 heterocycles. The van der Waals surface area contributed by atoms with Gasteiger partial charge in [0.15, 0.2) is 0 Å². The summed E-state index contributed by atoms with van der Waals surface area (Å²) in [6.07, 6.45) is 1.56. The van der Waals surface area contributed by atoms with E-state index < -0.39 is 10.0 Å². The van der Waals surface area contributed by atoms with Crippen LogP contribution in [-0.2, 0) is 21.2 Å². The number of aryl methyl sites for hydroxylation is 1. The van der Waals surface area contributed by atoms with Gasteiger partial charge in [-0.05, 0) is 66.3 Å². The number of hydrogen-bond donors (Lipinski definition) is 1. The number of nitrogens with one attached hydrogen (secondary N) is 1. The Bertz CT molecular complexity index is 1190. The van der Waals surface area contributed by atoms with Gasteiger partial charge in [-0.2, -0.15) is 0 Å². The normalized spacial score (nSPS) is 12.3.